The van der Waals surface area contributed by atoms with Crippen LogP contribution >= 0.6 is 11.6 Å². The summed E-state index contributed by atoms with van der Waals surface area (Å²) in [5, 5.41) is 3.01. The zero-order valence-electron chi connectivity index (χ0n) is 18.3. The maximum absolute atomic E-state index is 13.3. The number of nitrogens with one attached hydrogen (secondary N) is 1. The number of nitrogens with zero attached hydrogens (tertiary/aromatic N) is 2. The van der Waals surface area contributed by atoms with Crippen molar-refractivity contribution in [3.63, 3.8) is 0 Å². The first kappa shape index (κ1) is 24.7. The standard InChI is InChI=1S/C22H28ClN3O4S/c1-15-6-8-18(9-7-15)13-25(17(3)22(28)24-4)21(27)14-26(31(5,29)30)20-11-10-19(23)12-16(20)2/h6-12,17H,13-14H2,1-5H3,(H,24,28)/t17-/m0/s1. The van der Waals surface area contributed by atoms with Gasteiger partial charge in [0, 0.05) is 18.6 Å². The third-order valence-electron chi connectivity index (χ3n) is 4.99. The number of anilines is 1. The minimum absolute atomic E-state index is 0.172. The lowest BCUT2D eigenvalue weighted by atomic mass is 10.1. The van der Waals surface area contributed by atoms with E-state index in [2.05, 4.69) is 5.32 Å². The third-order valence-corrected chi connectivity index (χ3v) is 6.36. The Balaban J connectivity index is 2.40. The van der Waals surface area contributed by atoms with Crippen LogP contribution in [-0.4, -0.2) is 51.0 Å². The number of carbonyl (C=O) groups excluding carboxylic acids is 2. The zero-order chi connectivity index (χ0) is 23.3. The molecular formula is C22H28ClN3O4S. The minimum atomic E-state index is -3.77. The minimum Gasteiger partial charge on any atom is -0.357 e. The van der Waals surface area contributed by atoms with Crippen molar-refractivity contribution in [3.05, 3.63) is 64.2 Å². The summed E-state index contributed by atoms with van der Waals surface area (Å²) in [4.78, 5) is 27.0. The summed E-state index contributed by atoms with van der Waals surface area (Å²) >= 11 is 6.00. The summed E-state index contributed by atoms with van der Waals surface area (Å²) in [5.41, 5.74) is 2.89. The molecule has 0 bridgehead atoms. The van der Waals surface area contributed by atoms with Gasteiger partial charge in [-0.05, 0) is 50.1 Å². The number of sulfonamides is 1. The third kappa shape index (κ3) is 6.45. The van der Waals surface area contributed by atoms with Crippen LogP contribution in [0.5, 0.6) is 0 Å². The highest BCUT2D eigenvalue weighted by atomic mass is 35.5. The fourth-order valence-corrected chi connectivity index (χ4v) is 4.31. The number of benzene rings is 2. The van der Waals surface area contributed by atoms with E-state index in [1.165, 1.54) is 11.9 Å². The topological polar surface area (TPSA) is 86.8 Å². The highest BCUT2D eigenvalue weighted by Gasteiger charge is 2.30. The van der Waals surface area contributed by atoms with E-state index in [9.17, 15) is 18.0 Å². The number of carbonyl (C=O) groups is 2. The Morgan fingerprint density at radius 3 is 2.23 bits per heavy atom. The largest absolute Gasteiger partial charge is 0.357 e. The molecule has 7 nitrogen and oxygen atoms in total. The summed E-state index contributed by atoms with van der Waals surface area (Å²) in [6.07, 6.45) is 1.04. The van der Waals surface area contributed by atoms with E-state index in [-0.39, 0.29) is 12.5 Å². The molecule has 168 valence electrons. The van der Waals surface area contributed by atoms with E-state index >= 15 is 0 Å². The predicted octanol–water partition coefficient (Wildman–Crippen LogP) is 2.89. The Kier molecular flexibility index (Phi) is 8.08. The number of likely N-dealkylation sites (N-methyl/N-ethyl adjacent to an activating group) is 1. The molecule has 0 spiro atoms. The van der Waals surface area contributed by atoms with Crippen molar-refractivity contribution in [3.8, 4) is 0 Å². The second kappa shape index (κ2) is 10.2. The molecule has 2 rings (SSSR count). The van der Waals surface area contributed by atoms with Gasteiger partial charge < -0.3 is 10.2 Å². The van der Waals surface area contributed by atoms with Gasteiger partial charge in [0.15, 0.2) is 0 Å². The molecule has 1 atom stereocenters. The normalized spacial score (nSPS) is 12.2. The highest BCUT2D eigenvalue weighted by Crippen LogP contribution is 2.26. The number of amides is 2. The molecule has 2 amide bonds. The molecule has 0 radical (unpaired) electrons. The van der Waals surface area contributed by atoms with Crippen LogP contribution in [-0.2, 0) is 26.2 Å². The molecule has 1 N–H and O–H groups in total. The molecule has 9 heteroatoms. The molecule has 0 aliphatic carbocycles. The first-order valence-electron chi connectivity index (χ1n) is 9.74. The molecule has 2 aromatic rings. The van der Waals surface area contributed by atoms with Crippen LogP contribution in [0.25, 0.3) is 0 Å². The van der Waals surface area contributed by atoms with Crippen LogP contribution in [0, 0.1) is 13.8 Å². The highest BCUT2D eigenvalue weighted by molar-refractivity contribution is 7.92. The van der Waals surface area contributed by atoms with Crippen molar-refractivity contribution >= 4 is 39.1 Å². The van der Waals surface area contributed by atoms with Crippen LogP contribution in [0.15, 0.2) is 42.5 Å². The van der Waals surface area contributed by atoms with Gasteiger partial charge in [0.2, 0.25) is 21.8 Å². The van der Waals surface area contributed by atoms with Crippen LogP contribution in [0.2, 0.25) is 5.02 Å². The zero-order valence-corrected chi connectivity index (χ0v) is 19.9. The van der Waals surface area contributed by atoms with E-state index in [1.807, 2.05) is 31.2 Å². The second-order valence-corrected chi connectivity index (χ2v) is 9.84. The summed E-state index contributed by atoms with van der Waals surface area (Å²) in [6.45, 7) is 5.03. The van der Waals surface area contributed by atoms with E-state index < -0.39 is 28.5 Å². The van der Waals surface area contributed by atoms with Gasteiger partial charge in [-0.2, -0.15) is 0 Å². The van der Waals surface area contributed by atoms with Gasteiger partial charge in [-0.25, -0.2) is 8.42 Å². The van der Waals surface area contributed by atoms with Crippen molar-refractivity contribution in [2.24, 2.45) is 0 Å². The quantitative estimate of drug-likeness (QED) is 0.649. The average Bonchev–Trinajstić information content (AvgIpc) is 2.70. The fourth-order valence-electron chi connectivity index (χ4n) is 3.18. The fraction of sp³-hybridized carbons (Fsp3) is 0.364. The number of hydrogen-bond acceptors (Lipinski definition) is 4. The van der Waals surface area contributed by atoms with Crippen molar-refractivity contribution in [1.29, 1.82) is 0 Å². The molecule has 31 heavy (non-hydrogen) atoms. The Labute approximate surface area is 189 Å². The van der Waals surface area contributed by atoms with E-state index in [4.69, 9.17) is 11.6 Å². The smallest absolute Gasteiger partial charge is 0.244 e. The van der Waals surface area contributed by atoms with Gasteiger partial charge in [0.05, 0.1) is 11.9 Å². The molecule has 0 heterocycles. The maximum Gasteiger partial charge on any atom is 0.244 e. The Morgan fingerprint density at radius 1 is 1.10 bits per heavy atom. The van der Waals surface area contributed by atoms with Gasteiger partial charge in [0.1, 0.15) is 12.6 Å². The number of hydrogen-bond donors (Lipinski definition) is 1. The number of rotatable bonds is 8. The lowest BCUT2D eigenvalue weighted by molar-refractivity contribution is -0.139. The molecule has 0 aliphatic heterocycles. The molecule has 0 aromatic heterocycles. The second-order valence-electron chi connectivity index (χ2n) is 7.50. The molecule has 2 aromatic carbocycles. The summed E-state index contributed by atoms with van der Waals surface area (Å²) in [6, 6.07) is 11.6. The Bertz CT molecular complexity index is 1050. The van der Waals surface area contributed by atoms with E-state index in [0.29, 0.717) is 16.3 Å². The van der Waals surface area contributed by atoms with Gasteiger partial charge in [-0.1, -0.05) is 41.4 Å². The lowest BCUT2D eigenvalue weighted by Crippen LogP contribution is -2.50. The van der Waals surface area contributed by atoms with Crippen molar-refractivity contribution in [2.75, 3.05) is 24.2 Å². The van der Waals surface area contributed by atoms with Crippen LogP contribution in [0.3, 0.4) is 0 Å². The van der Waals surface area contributed by atoms with Gasteiger partial charge >= 0.3 is 0 Å². The van der Waals surface area contributed by atoms with Crippen molar-refractivity contribution in [2.45, 2.75) is 33.4 Å². The molecule has 0 saturated carbocycles. The SMILES string of the molecule is CNC(=O)[C@H](C)N(Cc1ccc(C)cc1)C(=O)CN(c1ccc(Cl)cc1C)S(C)(=O)=O. The summed E-state index contributed by atoms with van der Waals surface area (Å²) in [5.74, 6) is -0.828. The number of halogens is 1. The molecule has 0 aliphatic rings. The Hall–Kier alpha value is -2.58. The van der Waals surface area contributed by atoms with Crippen LogP contribution in [0.4, 0.5) is 5.69 Å². The summed E-state index contributed by atoms with van der Waals surface area (Å²) < 4.78 is 26.1. The molecule has 0 fully saturated rings. The van der Waals surface area contributed by atoms with E-state index in [0.717, 1.165) is 21.7 Å². The van der Waals surface area contributed by atoms with Crippen LogP contribution < -0.4 is 9.62 Å². The summed E-state index contributed by atoms with van der Waals surface area (Å²) in [7, 11) is -2.28. The molecule has 0 unspecified atom stereocenters. The van der Waals surface area contributed by atoms with E-state index in [1.54, 1.807) is 32.0 Å². The number of aryl methyl sites for hydroxylation is 2. The predicted molar refractivity (Wildman–Crippen MR) is 124 cm³/mol. The first-order chi connectivity index (χ1) is 14.4. The van der Waals surface area contributed by atoms with Gasteiger partial charge in [-0.15, -0.1) is 0 Å². The van der Waals surface area contributed by atoms with Crippen LogP contribution in [0.1, 0.15) is 23.6 Å². The monoisotopic (exact) mass is 465 g/mol. The average molecular weight is 466 g/mol. The molecular weight excluding hydrogens is 438 g/mol. The first-order valence-corrected chi connectivity index (χ1v) is 12.0. The van der Waals surface area contributed by atoms with Crippen molar-refractivity contribution in [1.82, 2.24) is 10.2 Å². The maximum atomic E-state index is 13.3. The Morgan fingerprint density at radius 2 is 1.71 bits per heavy atom. The lowest BCUT2D eigenvalue weighted by Gasteiger charge is -2.31. The van der Waals surface area contributed by atoms with Gasteiger partial charge in [-0.3, -0.25) is 13.9 Å². The van der Waals surface area contributed by atoms with Gasteiger partial charge in [0.25, 0.3) is 0 Å². The van der Waals surface area contributed by atoms with Crippen molar-refractivity contribution < 1.29 is 18.0 Å². The molecule has 0 saturated heterocycles.